The summed E-state index contributed by atoms with van der Waals surface area (Å²) in [6.45, 7) is 2.85. The normalized spacial score (nSPS) is 10.3. The molecule has 0 spiro atoms. The van der Waals surface area contributed by atoms with E-state index in [9.17, 15) is 4.79 Å². The summed E-state index contributed by atoms with van der Waals surface area (Å²) < 4.78 is 0. The van der Waals surface area contributed by atoms with Crippen LogP contribution in [-0.2, 0) is 0 Å². The molecule has 0 aliphatic carbocycles. The van der Waals surface area contributed by atoms with E-state index in [1.165, 1.54) is 0 Å². The summed E-state index contributed by atoms with van der Waals surface area (Å²) in [5.74, 6) is -0.0243. The van der Waals surface area contributed by atoms with Gasteiger partial charge in [-0.25, -0.2) is 0 Å². The first-order valence-electron chi connectivity index (χ1n) is 7.34. The maximum absolute atomic E-state index is 12.4. The quantitative estimate of drug-likeness (QED) is 0.861. The lowest BCUT2D eigenvalue weighted by Crippen LogP contribution is -2.27. The van der Waals surface area contributed by atoms with E-state index in [4.69, 9.17) is 11.6 Å². The zero-order valence-corrected chi connectivity index (χ0v) is 13.6. The molecule has 2 rings (SSSR count). The molecule has 0 radical (unpaired) electrons. The monoisotopic (exact) mass is 317 g/mol. The molecule has 0 bridgehead atoms. The second kappa shape index (κ2) is 7.80. The SMILES string of the molecule is CCCCN(C)C(=O)c1cncc(Nc2ccccc2Cl)c1. The van der Waals surface area contributed by atoms with Gasteiger partial charge in [0, 0.05) is 19.8 Å². The number of nitrogens with one attached hydrogen (secondary N) is 1. The minimum Gasteiger partial charge on any atom is -0.353 e. The summed E-state index contributed by atoms with van der Waals surface area (Å²) in [4.78, 5) is 18.2. The van der Waals surface area contributed by atoms with Crippen LogP contribution < -0.4 is 5.32 Å². The molecule has 1 amide bonds. The van der Waals surface area contributed by atoms with Crippen molar-refractivity contribution in [2.45, 2.75) is 19.8 Å². The van der Waals surface area contributed by atoms with Gasteiger partial charge in [-0.05, 0) is 24.6 Å². The van der Waals surface area contributed by atoms with Crippen LogP contribution in [0.15, 0.2) is 42.7 Å². The van der Waals surface area contributed by atoms with Gasteiger partial charge < -0.3 is 10.2 Å². The minimum atomic E-state index is -0.0243. The standard InChI is InChI=1S/C17H20ClN3O/c1-3-4-9-21(2)17(22)13-10-14(12-19-11-13)20-16-8-6-5-7-15(16)18/h5-8,10-12,20H,3-4,9H2,1-2H3. The van der Waals surface area contributed by atoms with Crippen LogP contribution in [0.4, 0.5) is 11.4 Å². The Morgan fingerprint density at radius 2 is 2.09 bits per heavy atom. The number of benzene rings is 1. The molecule has 1 heterocycles. The van der Waals surface area contributed by atoms with Gasteiger partial charge in [0.05, 0.1) is 28.2 Å². The van der Waals surface area contributed by atoms with Gasteiger partial charge in [0.1, 0.15) is 0 Å². The van der Waals surface area contributed by atoms with Gasteiger partial charge in [0.15, 0.2) is 0 Å². The molecule has 4 nitrogen and oxygen atoms in total. The summed E-state index contributed by atoms with van der Waals surface area (Å²) in [7, 11) is 1.81. The van der Waals surface area contributed by atoms with Crippen molar-refractivity contribution in [3.05, 3.63) is 53.3 Å². The summed E-state index contributed by atoms with van der Waals surface area (Å²) in [6, 6.07) is 9.25. The van der Waals surface area contributed by atoms with Crippen LogP contribution in [-0.4, -0.2) is 29.4 Å². The van der Waals surface area contributed by atoms with Crippen molar-refractivity contribution < 1.29 is 4.79 Å². The van der Waals surface area contributed by atoms with E-state index in [-0.39, 0.29) is 5.91 Å². The molecule has 0 unspecified atom stereocenters. The number of pyridine rings is 1. The van der Waals surface area contributed by atoms with E-state index in [0.29, 0.717) is 10.6 Å². The number of aromatic nitrogens is 1. The fourth-order valence-corrected chi connectivity index (χ4v) is 2.24. The molecule has 22 heavy (non-hydrogen) atoms. The van der Waals surface area contributed by atoms with Gasteiger partial charge in [-0.2, -0.15) is 0 Å². The lowest BCUT2D eigenvalue weighted by molar-refractivity contribution is 0.0793. The predicted molar refractivity (Wildman–Crippen MR) is 90.8 cm³/mol. The van der Waals surface area contributed by atoms with Crippen molar-refractivity contribution in [1.82, 2.24) is 9.88 Å². The third-order valence-corrected chi connectivity index (χ3v) is 3.66. The topological polar surface area (TPSA) is 45.2 Å². The Kier molecular flexibility index (Phi) is 5.78. The van der Waals surface area contributed by atoms with Crippen LogP contribution in [0, 0.1) is 0 Å². The van der Waals surface area contributed by atoms with Crippen molar-refractivity contribution in [3.8, 4) is 0 Å². The third-order valence-electron chi connectivity index (χ3n) is 3.33. The lowest BCUT2D eigenvalue weighted by Gasteiger charge is -2.17. The zero-order valence-electron chi connectivity index (χ0n) is 12.8. The Hall–Kier alpha value is -2.07. The van der Waals surface area contributed by atoms with E-state index in [2.05, 4.69) is 17.2 Å². The number of amides is 1. The Labute approximate surface area is 136 Å². The maximum atomic E-state index is 12.4. The second-order valence-electron chi connectivity index (χ2n) is 5.15. The fraction of sp³-hybridized carbons (Fsp3) is 0.294. The molecular formula is C17H20ClN3O. The lowest BCUT2D eigenvalue weighted by atomic mass is 10.2. The number of carbonyl (C=O) groups is 1. The number of hydrogen-bond acceptors (Lipinski definition) is 3. The van der Waals surface area contributed by atoms with Crippen LogP contribution in [0.3, 0.4) is 0 Å². The molecule has 0 aliphatic heterocycles. The molecule has 1 aromatic carbocycles. The number of hydrogen-bond donors (Lipinski definition) is 1. The summed E-state index contributed by atoms with van der Waals surface area (Å²) in [5.41, 5.74) is 2.09. The Morgan fingerprint density at radius 1 is 1.32 bits per heavy atom. The molecule has 0 saturated heterocycles. The second-order valence-corrected chi connectivity index (χ2v) is 5.55. The van der Waals surface area contributed by atoms with Gasteiger partial charge in [0.25, 0.3) is 5.91 Å². The Balaban J connectivity index is 2.13. The van der Waals surface area contributed by atoms with Crippen molar-refractivity contribution in [2.24, 2.45) is 0 Å². The van der Waals surface area contributed by atoms with Crippen molar-refractivity contribution >= 4 is 28.9 Å². The molecule has 5 heteroatoms. The Morgan fingerprint density at radius 3 is 2.82 bits per heavy atom. The molecule has 0 saturated carbocycles. The molecule has 0 aliphatic rings. The van der Waals surface area contributed by atoms with Crippen molar-refractivity contribution in [3.63, 3.8) is 0 Å². The minimum absolute atomic E-state index is 0.0243. The van der Waals surface area contributed by atoms with Gasteiger partial charge in [-0.3, -0.25) is 9.78 Å². The average molecular weight is 318 g/mol. The first-order valence-corrected chi connectivity index (χ1v) is 7.71. The number of nitrogens with zero attached hydrogens (tertiary/aromatic N) is 2. The van der Waals surface area contributed by atoms with Crippen molar-refractivity contribution in [1.29, 1.82) is 0 Å². The molecule has 116 valence electrons. The van der Waals surface area contributed by atoms with E-state index in [0.717, 1.165) is 30.8 Å². The first-order chi connectivity index (χ1) is 10.6. The molecule has 2 aromatic rings. The van der Waals surface area contributed by atoms with Gasteiger partial charge >= 0.3 is 0 Å². The highest BCUT2D eigenvalue weighted by Crippen LogP contribution is 2.24. The van der Waals surface area contributed by atoms with E-state index in [1.54, 1.807) is 23.4 Å². The number of anilines is 2. The third kappa shape index (κ3) is 4.21. The molecule has 0 atom stereocenters. The highest BCUT2D eigenvalue weighted by atomic mass is 35.5. The van der Waals surface area contributed by atoms with Gasteiger partial charge in [-0.1, -0.05) is 37.1 Å². The number of unbranched alkanes of at least 4 members (excludes halogenated alkanes) is 1. The number of carbonyl (C=O) groups excluding carboxylic acids is 1. The van der Waals surface area contributed by atoms with Crippen LogP contribution in [0.2, 0.25) is 5.02 Å². The van der Waals surface area contributed by atoms with E-state index >= 15 is 0 Å². The molecule has 1 N–H and O–H groups in total. The maximum Gasteiger partial charge on any atom is 0.255 e. The van der Waals surface area contributed by atoms with Crippen LogP contribution >= 0.6 is 11.6 Å². The first kappa shape index (κ1) is 16.3. The average Bonchev–Trinajstić information content (AvgIpc) is 2.54. The molecule has 1 aromatic heterocycles. The summed E-state index contributed by atoms with van der Waals surface area (Å²) >= 11 is 6.13. The van der Waals surface area contributed by atoms with Crippen LogP contribution in [0.5, 0.6) is 0 Å². The molecular weight excluding hydrogens is 298 g/mol. The van der Waals surface area contributed by atoms with Gasteiger partial charge in [0.2, 0.25) is 0 Å². The largest absolute Gasteiger partial charge is 0.353 e. The van der Waals surface area contributed by atoms with E-state index in [1.807, 2.05) is 31.3 Å². The predicted octanol–water partition coefficient (Wildman–Crippen LogP) is 4.35. The smallest absolute Gasteiger partial charge is 0.255 e. The van der Waals surface area contributed by atoms with E-state index < -0.39 is 0 Å². The number of rotatable bonds is 6. The Bertz CT molecular complexity index is 645. The highest BCUT2D eigenvalue weighted by Gasteiger charge is 2.12. The summed E-state index contributed by atoms with van der Waals surface area (Å²) in [6.07, 6.45) is 5.31. The highest BCUT2D eigenvalue weighted by molar-refractivity contribution is 6.33. The van der Waals surface area contributed by atoms with Crippen molar-refractivity contribution in [2.75, 3.05) is 18.9 Å². The van der Waals surface area contributed by atoms with Gasteiger partial charge in [-0.15, -0.1) is 0 Å². The summed E-state index contributed by atoms with van der Waals surface area (Å²) in [5, 5.41) is 3.81. The van der Waals surface area contributed by atoms with Crippen LogP contribution in [0.1, 0.15) is 30.1 Å². The number of halogens is 1. The fourth-order valence-electron chi connectivity index (χ4n) is 2.06. The zero-order chi connectivity index (χ0) is 15.9. The molecule has 0 fully saturated rings. The number of para-hydroxylation sites is 1. The van der Waals surface area contributed by atoms with Crippen LogP contribution in [0.25, 0.3) is 0 Å².